The number of hydrogen-bond acceptors (Lipinski definition) is 7. The van der Waals surface area contributed by atoms with Crippen molar-refractivity contribution < 1.29 is 19.0 Å². The number of nitrogens with zero attached hydrogens (tertiary/aromatic N) is 2. The van der Waals surface area contributed by atoms with Gasteiger partial charge in [-0.3, -0.25) is 9.36 Å². The van der Waals surface area contributed by atoms with Crippen molar-refractivity contribution >= 4 is 35.0 Å². The SMILES string of the molecule is CCCC1=C(C(=O)OCC)[C@H](c2cc(Cl)ccc2OC)n2c(s/c(=C/c3ccccc3OCc3ccccc3)c2=O)=N1. The minimum atomic E-state index is -0.831. The first-order chi connectivity index (χ1) is 20.4. The lowest BCUT2D eigenvalue weighted by Crippen LogP contribution is -2.40. The molecule has 0 amide bonds. The Bertz CT molecular complexity index is 1810. The zero-order valence-corrected chi connectivity index (χ0v) is 25.2. The lowest BCUT2D eigenvalue weighted by atomic mass is 9.93. The molecule has 0 aliphatic carbocycles. The van der Waals surface area contributed by atoms with Gasteiger partial charge in [0.15, 0.2) is 4.80 Å². The monoisotopic (exact) mass is 602 g/mol. The minimum absolute atomic E-state index is 0.186. The van der Waals surface area contributed by atoms with Crippen LogP contribution in [-0.4, -0.2) is 24.3 Å². The third-order valence-electron chi connectivity index (χ3n) is 6.82. The molecule has 1 aromatic heterocycles. The molecule has 0 N–H and O–H groups in total. The number of allylic oxidation sites excluding steroid dienone is 1. The Morgan fingerprint density at radius 3 is 2.55 bits per heavy atom. The van der Waals surface area contributed by atoms with Gasteiger partial charge in [-0.15, -0.1) is 0 Å². The number of methoxy groups -OCH3 is 1. The van der Waals surface area contributed by atoms with E-state index in [4.69, 9.17) is 30.8 Å². The van der Waals surface area contributed by atoms with Crippen LogP contribution in [0.25, 0.3) is 6.08 Å². The van der Waals surface area contributed by atoms with Crippen LogP contribution in [0.5, 0.6) is 11.5 Å². The van der Waals surface area contributed by atoms with Crippen molar-refractivity contribution in [2.75, 3.05) is 13.7 Å². The molecule has 0 bridgehead atoms. The Hall–Kier alpha value is -4.14. The van der Waals surface area contributed by atoms with Gasteiger partial charge in [0.25, 0.3) is 5.56 Å². The predicted molar refractivity (Wildman–Crippen MR) is 165 cm³/mol. The number of para-hydroxylation sites is 1. The maximum absolute atomic E-state index is 14.2. The van der Waals surface area contributed by atoms with Crippen molar-refractivity contribution in [2.24, 2.45) is 4.99 Å². The molecule has 0 unspecified atom stereocenters. The molecular weight excluding hydrogens is 572 g/mol. The number of hydrogen-bond donors (Lipinski definition) is 0. The van der Waals surface area contributed by atoms with Gasteiger partial charge in [-0.05, 0) is 49.2 Å². The molecule has 4 aromatic rings. The summed E-state index contributed by atoms with van der Waals surface area (Å²) in [6, 6.07) is 21.8. The first kappa shape index (κ1) is 29.4. The van der Waals surface area contributed by atoms with E-state index in [-0.39, 0.29) is 12.2 Å². The molecule has 0 spiro atoms. The Kier molecular flexibility index (Phi) is 9.25. The molecule has 0 saturated carbocycles. The molecule has 0 saturated heterocycles. The first-order valence-corrected chi connectivity index (χ1v) is 15.0. The highest BCUT2D eigenvalue weighted by Crippen LogP contribution is 2.38. The molecule has 3 aromatic carbocycles. The van der Waals surface area contributed by atoms with Gasteiger partial charge in [0.2, 0.25) is 0 Å². The quantitative estimate of drug-likeness (QED) is 0.214. The van der Waals surface area contributed by atoms with Gasteiger partial charge < -0.3 is 14.2 Å². The van der Waals surface area contributed by atoms with Crippen molar-refractivity contribution in [3.63, 3.8) is 0 Å². The van der Waals surface area contributed by atoms with Crippen molar-refractivity contribution in [2.45, 2.75) is 39.3 Å². The van der Waals surface area contributed by atoms with Gasteiger partial charge in [0, 0.05) is 16.1 Å². The van der Waals surface area contributed by atoms with E-state index in [0.29, 0.717) is 55.7 Å². The average Bonchev–Trinajstić information content (AvgIpc) is 3.30. The predicted octanol–water partition coefficient (Wildman–Crippen LogP) is 5.82. The van der Waals surface area contributed by atoms with Crippen LogP contribution in [0.3, 0.4) is 0 Å². The summed E-state index contributed by atoms with van der Waals surface area (Å²) in [6.45, 7) is 4.34. The van der Waals surface area contributed by atoms with Crippen LogP contribution in [0.4, 0.5) is 0 Å². The fraction of sp³-hybridized carbons (Fsp3) is 0.242. The summed E-state index contributed by atoms with van der Waals surface area (Å²) in [6.07, 6.45) is 3.10. The highest BCUT2D eigenvalue weighted by atomic mass is 35.5. The smallest absolute Gasteiger partial charge is 0.338 e. The molecule has 5 rings (SSSR count). The lowest BCUT2D eigenvalue weighted by Gasteiger charge is -2.27. The first-order valence-electron chi connectivity index (χ1n) is 13.8. The number of carbonyl (C=O) groups is 1. The zero-order valence-electron chi connectivity index (χ0n) is 23.6. The molecule has 2 heterocycles. The van der Waals surface area contributed by atoms with E-state index in [2.05, 4.69) is 0 Å². The number of carbonyl (C=O) groups excluding carboxylic acids is 1. The topological polar surface area (TPSA) is 79.1 Å². The van der Waals surface area contributed by atoms with Gasteiger partial charge in [0.1, 0.15) is 24.1 Å². The highest BCUT2D eigenvalue weighted by molar-refractivity contribution is 7.07. The van der Waals surface area contributed by atoms with E-state index >= 15 is 0 Å². The van der Waals surface area contributed by atoms with E-state index in [1.807, 2.05) is 67.6 Å². The number of halogens is 1. The molecule has 216 valence electrons. The lowest BCUT2D eigenvalue weighted by molar-refractivity contribution is -0.139. The Labute approximate surface area is 253 Å². The van der Waals surface area contributed by atoms with Crippen LogP contribution in [0.2, 0.25) is 5.02 Å². The van der Waals surface area contributed by atoms with E-state index in [1.165, 1.54) is 11.3 Å². The number of aromatic nitrogens is 1. The third kappa shape index (κ3) is 6.05. The van der Waals surface area contributed by atoms with Gasteiger partial charge in [-0.2, -0.15) is 0 Å². The molecule has 1 atom stereocenters. The van der Waals surface area contributed by atoms with Crippen molar-refractivity contribution in [1.29, 1.82) is 0 Å². The second-order valence-electron chi connectivity index (χ2n) is 9.61. The number of esters is 1. The molecule has 0 radical (unpaired) electrons. The van der Waals surface area contributed by atoms with Crippen LogP contribution >= 0.6 is 22.9 Å². The van der Waals surface area contributed by atoms with Crippen LogP contribution in [0.1, 0.15) is 49.4 Å². The largest absolute Gasteiger partial charge is 0.496 e. The molecule has 1 aliphatic heterocycles. The number of fused-ring (bicyclic) bond motifs is 1. The number of ether oxygens (including phenoxy) is 3. The second kappa shape index (κ2) is 13.2. The molecule has 7 nitrogen and oxygen atoms in total. The summed E-state index contributed by atoms with van der Waals surface area (Å²) in [4.78, 5) is 32.9. The summed E-state index contributed by atoms with van der Waals surface area (Å²) in [5.74, 6) is 0.628. The Morgan fingerprint density at radius 1 is 1.05 bits per heavy atom. The van der Waals surface area contributed by atoms with Gasteiger partial charge in [-0.1, -0.05) is 84.8 Å². The summed E-state index contributed by atoms with van der Waals surface area (Å²) in [5.41, 5.74) is 2.98. The average molecular weight is 603 g/mol. The number of benzene rings is 3. The molecule has 42 heavy (non-hydrogen) atoms. The van der Waals surface area contributed by atoms with Crippen LogP contribution in [0.15, 0.2) is 93.9 Å². The maximum Gasteiger partial charge on any atom is 0.338 e. The minimum Gasteiger partial charge on any atom is -0.496 e. The normalized spacial score (nSPS) is 14.8. The van der Waals surface area contributed by atoms with E-state index < -0.39 is 12.0 Å². The molecule has 9 heteroatoms. The standard InChI is InChI=1S/C33H31ClN2O5S/c1-4-11-25-29(32(38)40-5-2)30(24-19-23(34)16-17-27(24)39-3)36-31(37)28(42-33(36)35-25)18-22-14-9-10-15-26(22)41-20-21-12-7-6-8-13-21/h6-10,12-19,30H,4-5,11,20H2,1-3H3/b28-18+/t30-/m0/s1. The number of thiazole rings is 1. The second-order valence-corrected chi connectivity index (χ2v) is 11.1. The summed E-state index contributed by atoms with van der Waals surface area (Å²) in [7, 11) is 1.55. The van der Waals surface area contributed by atoms with E-state index in [9.17, 15) is 9.59 Å². The van der Waals surface area contributed by atoms with Crippen molar-refractivity contribution in [3.05, 3.63) is 125 Å². The van der Waals surface area contributed by atoms with Crippen molar-refractivity contribution in [1.82, 2.24) is 4.57 Å². The maximum atomic E-state index is 14.2. The van der Waals surface area contributed by atoms with E-state index in [0.717, 1.165) is 17.5 Å². The van der Waals surface area contributed by atoms with Gasteiger partial charge >= 0.3 is 5.97 Å². The van der Waals surface area contributed by atoms with Crippen LogP contribution < -0.4 is 24.4 Å². The van der Waals surface area contributed by atoms with Gasteiger partial charge in [-0.25, -0.2) is 9.79 Å². The van der Waals surface area contributed by atoms with Crippen LogP contribution in [-0.2, 0) is 16.1 Å². The van der Waals surface area contributed by atoms with Gasteiger partial charge in [0.05, 0.1) is 29.5 Å². The number of rotatable bonds is 10. The summed E-state index contributed by atoms with van der Waals surface area (Å²) in [5, 5.41) is 0.453. The Morgan fingerprint density at radius 2 is 1.81 bits per heavy atom. The fourth-order valence-corrected chi connectivity index (χ4v) is 6.13. The van der Waals surface area contributed by atoms with E-state index in [1.54, 1.807) is 36.8 Å². The third-order valence-corrected chi connectivity index (χ3v) is 8.04. The zero-order chi connectivity index (χ0) is 29.6. The molecule has 1 aliphatic rings. The van der Waals surface area contributed by atoms with Crippen LogP contribution in [0, 0.1) is 0 Å². The molecular formula is C33H31ClN2O5S. The van der Waals surface area contributed by atoms with Crippen molar-refractivity contribution in [3.8, 4) is 11.5 Å². The molecule has 0 fully saturated rings. The fourth-order valence-electron chi connectivity index (χ4n) is 4.94. The summed E-state index contributed by atoms with van der Waals surface area (Å²) >= 11 is 7.70. The Balaban J connectivity index is 1.69. The highest BCUT2D eigenvalue weighted by Gasteiger charge is 2.36. The summed E-state index contributed by atoms with van der Waals surface area (Å²) < 4.78 is 19.3.